The highest BCUT2D eigenvalue weighted by Gasteiger charge is 2.08. The Labute approximate surface area is 112 Å². The first-order valence-corrected chi connectivity index (χ1v) is 6.23. The summed E-state index contributed by atoms with van der Waals surface area (Å²) in [5.74, 6) is 1.31. The van der Waals surface area contributed by atoms with E-state index in [-0.39, 0.29) is 5.91 Å². The van der Waals surface area contributed by atoms with Crippen molar-refractivity contribution in [3.05, 3.63) is 48.4 Å². The molecule has 0 spiro atoms. The number of ether oxygens (including phenoxy) is 1. The molecule has 1 amide bonds. The predicted octanol–water partition coefficient (Wildman–Crippen LogP) is 3.57. The van der Waals surface area contributed by atoms with Crippen LogP contribution >= 0.6 is 0 Å². The lowest BCUT2D eigenvalue weighted by Gasteiger charge is -2.09. The van der Waals surface area contributed by atoms with E-state index >= 15 is 0 Å². The van der Waals surface area contributed by atoms with Crippen molar-refractivity contribution >= 4 is 11.6 Å². The number of benzene rings is 1. The molecule has 0 aliphatic rings. The van der Waals surface area contributed by atoms with Crippen molar-refractivity contribution in [1.82, 2.24) is 0 Å². The highest BCUT2D eigenvalue weighted by atomic mass is 16.5. The zero-order valence-electron chi connectivity index (χ0n) is 11.1. The normalized spacial score (nSPS) is 10.5. The molecular weight excluding hydrogens is 242 g/mol. The fourth-order valence-corrected chi connectivity index (χ4v) is 1.50. The Morgan fingerprint density at radius 3 is 2.58 bits per heavy atom. The van der Waals surface area contributed by atoms with Gasteiger partial charge in [-0.25, -0.2) is 0 Å². The van der Waals surface area contributed by atoms with Crippen molar-refractivity contribution in [3.63, 3.8) is 0 Å². The van der Waals surface area contributed by atoms with E-state index < -0.39 is 0 Å². The third kappa shape index (κ3) is 3.88. The van der Waals surface area contributed by atoms with Gasteiger partial charge in [0.25, 0.3) is 5.91 Å². The molecule has 0 fully saturated rings. The molecular formula is C15H17NO3. The Kier molecular flexibility index (Phi) is 4.23. The lowest BCUT2D eigenvalue weighted by molar-refractivity contribution is 0.0996. The van der Waals surface area contributed by atoms with Crippen LogP contribution in [0.4, 0.5) is 5.69 Å². The monoisotopic (exact) mass is 259 g/mol. The SMILES string of the molecule is CC(C)COc1ccc(NC(=O)c2ccco2)cc1. The summed E-state index contributed by atoms with van der Waals surface area (Å²) in [6.07, 6.45) is 1.47. The highest BCUT2D eigenvalue weighted by molar-refractivity contribution is 6.02. The summed E-state index contributed by atoms with van der Waals surface area (Å²) in [5, 5.41) is 2.75. The molecule has 0 unspecified atom stereocenters. The van der Waals surface area contributed by atoms with Crippen LogP contribution in [0.2, 0.25) is 0 Å². The molecule has 0 aliphatic carbocycles. The van der Waals surface area contributed by atoms with Crippen molar-refractivity contribution in [2.45, 2.75) is 13.8 Å². The molecule has 0 saturated heterocycles. The summed E-state index contributed by atoms with van der Waals surface area (Å²) in [6, 6.07) is 10.6. The molecule has 1 aromatic heterocycles. The van der Waals surface area contributed by atoms with Crippen molar-refractivity contribution < 1.29 is 13.9 Å². The first-order chi connectivity index (χ1) is 9.15. The van der Waals surface area contributed by atoms with E-state index in [2.05, 4.69) is 19.2 Å². The van der Waals surface area contributed by atoms with Gasteiger partial charge in [-0.3, -0.25) is 4.79 Å². The van der Waals surface area contributed by atoms with Gasteiger partial charge in [-0.15, -0.1) is 0 Å². The number of amides is 1. The number of furan rings is 1. The van der Waals surface area contributed by atoms with Gasteiger partial charge < -0.3 is 14.5 Å². The molecule has 1 aromatic carbocycles. The summed E-state index contributed by atoms with van der Waals surface area (Å²) >= 11 is 0. The summed E-state index contributed by atoms with van der Waals surface area (Å²) in [7, 11) is 0. The number of anilines is 1. The van der Waals surface area contributed by atoms with Crippen LogP contribution in [0.25, 0.3) is 0 Å². The van der Waals surface area contributed by atoms with Crippen LogP contribution in [0.5, 0.6) is 5.75 Å². The molecule has 19 heavy (non-hydrogen) atoms. The number of rotatable bonds is 5. The maximum absolute atomic E-state index is 11.7. The topological polar surface area (TPSA) is 51.5 Å². The molecule has 0 bridgehead atoms. The van der Waals surface area contributed by atoms with Crippen LogP contribution in [0.3, 0.4) is 0 Å². The van der Waals surface area contributed by atoms with E-state index in [0.717, 1.165) is 5.75 Å². The Balaban J connectivity index is 1.93. The maximum Gasteiger partial charge on any atom is 0.291 e. The lowest BCUT2D eigenvalue weighted by Crippen LogP contribution is -2.10. The largest absolute Gasteiger partial charge is 0.493 e. The van der Waals surface area contributed by atoms with E-state index in [9.17, 15) is 4.79 Å². The minimum atomic E-state index is -0.263. The average Bonchev–Trinajstić information content (AvgIpc) is 2.92. The van der Waals surface area contributed by atoms with Crippen molar-refractivity contribution in [1.29, 1.82) is 0 Å². The molecule has 1 heterocycles. The summed E-state index contributed by atoms with van der Waals surface area (Å²) < 4.78 is 10.6. The third-order valence-electron chi connectivity index (χ3n) is 2.44. The number of hydrogen-bond donors (Lipinski definition) is 1. The molecule has 100 valence electrons. The van der Waals surface area contributed by atoms with E-state index in [1.165, 1.54) is 6.26 Å². The first-order valence-electron chi connectivity index (χ1n) is 6.23. The lowest BCUT2D eigenvalue weighted by atomic mass is 10.2. The fourth-order valence-electron chi connectivity index (χ4n) is 1.50. The van der Waals surface area contributed by atoms with Crippen LogP contribution in [-0.4, -0.2) is 12.5 Å². The van der Waals surface area contributed by atoms with Gasteiger partial charge in [0.05, 0.1) is 12.9 Å². The minimum absolute atomic E-state index is 0.263. The van der Waals surface area contributed by atoms with Crippen LogP contribution in [0.1, 0.15) is 24.4 Å². The predicted molar refractivity (Wildman–Crippen MR) is 73.4 cm³/mol. The molecule has 2 aromatic rings. The number of nitrogens with one attached hydrogen (secondary N) is 1. The number of hydrogen-bond acceptors (Lipinski definition) is 3. The fraction of sp³-hybridized carbons (Fsp3) is 0.267. The third-order valence-corrected chi connectivity index (χ3v) is 2.44. The molecule has 0 saturated carbocycles. The molecule has 0 atom stereocenters. The second-order valence-corrected chi connectivity index (χ2v) is 4.66. The summed E-state index contributed by atoms with van der Waals surface area (Å²) in [5.41, 5.74) is 0.707. The Hall–Kier alpha value is -2.23. The summed E-state index contributed by atoms with van der Waals surface area (Å²) in [4.78, 5) is 11.7. The number of carbonyl (C=O) groups excluding carboxylic acids is 1. The Bertz CT molecular complexity index is 515. The van der Waals surface area contributed by atoms with E-state index in [1.807, 2.05) is 12.1 Å². The van der Waals surface area contributed by atoms with Gasteiger partial charge >= 0.3 is 0 Å². The summed E-state index contributed by atoms with van der Waals surface area (Å²) in [6.45, 7) is 4.87. The van der Waals surface area contributed by atoms with Crippen molar-refractivity contribution in [2.24, 2.45) is 5.92 Å². The molecule has 4 nitrogen and oxygen atoms in total. The average molecular weight is 259 g/mol. The van der Waals surface area contributed by atoms with Crippen LogP contribution in [0, 0.1) is 5.92 Å². The van der Waals surface area contributed by atoms with E-state index in [0.29, 0.717) is 24.0 Å². The maximum atomic E-state index is 11.7. The van der Waals surface area contributed by atoms with Crippen LogP contribution in [-0.2, 0) is 0 Å². The van der Waals surface area contributed by atoms with Gasteiger partial charge in [-0.2, -0.15) is 0 Å². The second-order valence-electron chi connectivity index (χ2n) is 4.66. The molecule has 4 heteroatoms. The first kappa shape index (κ1) is 13.2. The molecule has 1 N–H and O–H groups in total. The highest BCUT2D eigenvalue weighted by Crippen LogP contribution is 2.17. The minimum Gasteiger partial charge on any atom is -0.493 e. The number of carbonyl (C=O) groups is 1. The van der Waals surface area contributed by atoms with Gasteiger partial charge in [-0.05, 0) is 42.3 Å². The van der Waals surface area contributed by atoms with E-state index in [4.69, 9.17) is 9.15 Å². The Morgan fingerprint density at radius 2 is 2.00 bits per heavy atom. The molecule has 0 aliphatic heterocycles. The van der Waals surface area contributed by atoms with Gasteiger partial charge in [0.2, 0.25) is 0 Å². The van der Waals surface area contributed by atoms with Gasteiger partial charge in [0.1, 0.15) is 5.75 Å². The Morgan fingerprint density at radius 1 is 1.26 bits per heavy atom. The van der Waals surface area contributed by atoms with Gasteiger partial charge in [-0.1, -0.05) is 13.8 Å². The van der Waals surface area contributed by atoms with Crippen LogP contribution < -0.4 is 10.1 Å². The smallest absolute Gasteiger partial charge is 0.291 e. The second kappa shape index (κ2) is 6.09. The van der Waals surface area contributed by atoms with E-state index in [1.54, 1.807) is 24.3 Å². The van der Waals surface area contributed by atoms with Gasteiger partial charge in [0, 0.05) is 5.69 Å². The van der Waals surface area contributed by atoms with Crippen LogP contribution in [0.15, 0.2) is 47.1 Å². The molecule has 2 rings (SSSR count). The van der Waals surface area contributed by atoms with Gasteiger partial charge in [0.15, 0.2) is 5.76 Å². The standard InChI is InChI=1S/C15H17NO3/c1-11(2)10-19-13-7-5-12(6-8-13)16-15(17)14-4-3-9-18-14/h3-9,11H,10H2,1-2H3,(H,16,17). The zero-order valence-corrected chi connectivity index (χ0v) is 11.1. The zero-order chi connectivity index (χ0) is 13.7. The van der Waals surface area contributed by atoms with Crippen molar-refractivity contribution in [3.8, 4) is 5.75 Å². The quantitative estimate of drug-likeness (QED) is 0.893. The van der Waals surface area contributed by atoms with Crippen molar-refractivity contribution in [2.75, 3.05) is 11.9 Å². The molecule has 0 radical (unpaired) electrons.